The molecule has 18 nitrogen and oxygen atoms in total. The fourth-order valence-electron chi connectivity index (χ4n) is 4.74. The number of nitrogens with one attached hydrogen (secondary N) is 2. The van der Waals surface area contributed by atoms with E-state index in [0.717, 1.165) is 21.5 Å². The summed E-state index contributed by atoms with van der Waals surface area (Å²) in [6.45, 7) is 3.16. The van der Waals surface area contributed by atoms with Crippen LogP contribution >= 0.6 is 23.2 Å². The molecular weight excluding hydrogens is 886 g/mol. The second kappa shape index (κ2) is 20.1. The maximum absolute atomic E-state index is 12.6. The Bertz CT molecular complexity index is 2670. The van der Waals surface area contributed by atoms with E-state index in [4.69, 9.17) is 23.2 Å². The summed E-state index contributed by atoms with van der Waals surface area (Å²) >= 11 is 11.9. The van der Waals surface area contributed by atoms with Crippen molar-refractivity contribution in [3.05, 3.63) is 127 Å². The third-order valence-electron chi connectivity index (χ3n) is 7.65. The summed E-state index contributed by atoms with van der Waals surface area (Å²) in [5.74, 6) is -0.572. The summed E-state index contributed by atoms with van der Waals surface area (Å²) in [6, 6.07) is 20.3. The second-order valence-electron chi connectivity index (χ2n) is 11.4. The molecule has 0 unspecified atom stereocenters. The second-order valence-corrected chi connectivity index (χ2v) is 16.0. The first-order valence-corrected chi connectivity index (χ1v) is 19.6. The van der Waals surface area contributed by atoms with Gasteiger partial charge in [-0.25, -0.2) is 45.8 Å². The van der Waals surface area contributed by atoms with E-state index in [9.17, 15) is 36.6 Å². The van der Waals surface area contributed by atoms with Crippen LogP contribution in [0.4, 0.5) is 22.7 Å². The van der Waals surface area contributed by atoms with Gasteiger partial charge in [-0.05, 0) is 86.9 Å². The number of sulfonamides is 2. The fourth-order valence-corrected chi connectivity index (χ4v) is 6.60. The van der Waals surface area contributed by atoms with Gasteiger partial charge in [-0.2, -0.15) is 10.2 Å². The third-order valence-corrected chi connectivity index (χ3v) is 10.9. The van der Waals surface area contributed by atoms with Crippen molar-refractivity contribution in [1.29, 1.82) is 0 Å². The van der Waals surface area contributed by atoms with E-state index >= 15 is 0 Å². The number of hydrogen-bond acceptors (Lipinski definition) is 14. The van der Waals surface area contributed by atoms with Gasteiger partial charge in [0.15, 0.2) is 0 Å². The summed E-state index contributed by atoms with van der Waals surface area (Å²) in [4.78, 5) is 25.0. The number of phenols is 2. The standard InChI is InChI=1S/2C17H15ClN5O4S.Cr.Na/c2*1-10-16(17(25)23(22-10)12-5-3-4-11(18)8-12)21-20-14-9-13(6-7-15(14)24)28(26,27)19-2;;/h2*3-9,19,24H,1-2H3;;/q2*-1;;+1. The van der Waals surface area contributed by atoms with Crippen LogP contribution < -0.4 is 50.1 Å². The number of hydrogen-bond donors (Lipinski definition) is 4. The van der Waals surface area contributed by atoms with Crippen LogP contribution in [0, 0.1) is 13.8 Å². The van der Waals surface area contributed by atoms with Crippen molar-refractivity contribution in [3.8, 4) is 22.9 Å². The molecule has 24 heteroatoms. The van der Waals surface area contributed by atoms with Crippen LogP contribution in [0.3, 0.4) is 0 Å². The minimum Gasteiger partial charge on any atom is -0.506 e. The van der Waals surface area contributed by atoms with Gasteiger partial charge in [-0.15, -0.1) is 11.4 Å². The zero-order valence-electron chi connectivity index (χ0n) is 31.0. The Morgan fingerprint density at radius 3 is 1.33 bits per heavy atom. The normalized spacial score (nSPS) is 11.6. The third kappa shape index (κ3) is 11.0. The smallest absolute Gasteiger partial charge is 0.506 e. The molecule has 0 radical (unpaired) electrons. The van der Waals surface area contributed by atoms with Crippen molar-refractivity contribution in [2.24, 2.45) is 20.5 Å². The van der Waals surface area contributed by atoms with Gasteiger partial charge in [0.1, 0.15) is 34.0 Å². The van der Waals surface area contributed by atoms with Crippen molar-refractivity contribution in [1.82, 2.24) is 29.0 Å². The van der Waals surface area contributed by atoms with Crippen molar-refractivity contribution >= 4 is 66.0 Å². The quantitative estimate of drug-likeness (QED) is 0.0889. The first-order valence-electron chi connectivity index (χ1n) is 15.9. The Kier molecular flexibility index (Phi) is 16.6. The van der Waals surface area contributed by atoms with Crippen LogP contribution in [0.15, 0.2) is 125 Å². The van der Waals surface area contributed by atoms with Crippen LogP contribution in [0.25, 0.3) is 11.4 Å². The van der Waals surface area contributed by atoms with Gasteiger partial charge in [-0.1, -0.05) is 60.6 Å². The molecule has 0 amide bonds. The first-order chi connectivity index (χ1) is 26.4. The molecule has 0 aliphatic carbocycles. The minimum atomic E-state index is -3.73. The Labute approximate surface area is 374 Å². The topological polar surface area (TPSA) is 252 Å². The molecule has 6 aromatic rings. The van der Waals surface area contributed by atoms with E-state index in [1.54, 1.807) is 62.4 Å². The van der Waals surface area contributed by atoms with Crippen molar-refractivity contribution in [3.63, 3.8) is 0 Å². The number of nitrogens with zero attached hydrogens (tertiary/aromatic N) is 8. The molecule has 0 aliphatic rings. The van der Waals surface area contributed by atoms with Crippen LogP contribution in [0.1, 0.15) is 11.4 Å². The van der Waals surface area contributed by atoms with Gasteiger partial charge in [0.25, 0.3) is 0 Å². The number of aryl methyl sites for hydroxylation is 2. The molecule has 58 heavy (non-hydrogen) atoms. The molecule has 0 bridgehead atoms. The number of halogens is 2. The summed E-state index contributed by atoms with van der Waals surface area (Å²) in [5.41, 5.74) is 0.209. The molecule has 0 aliphatic heterocycles. The van der Waals surface area contributed by atoms with Crippen molar-refractivity contribution < 1.29 is 74.0 Å². The first kappa shape index (κ1) is 48.0. The number of aromatic hydroxyl groups is 2. The average molecular weight is 917 g/mol. The molecule has 2 aromatic heterocycles. The van der Waals surface area contributed by atoms with Crippen LogP contribution in [0.2, 0.25) is 10.0 Å². The van der Waals surface area contributed by atoms with Gasteiger partial charge in [0.05, 0.1) is 21.2 Å². The Morgan fingerprint density at radius 2 is 1.00 bits per heavy atom. The van der Waals surface area contributed by atoms with Gasteiger partial charge < -0.3 is 30.0 Å². The molecule has 298 valence electrons. The zero-order chi connectivity index (χ0) is 40.9. The number of rotatable bonds is 10. The van der Waals surface area contributed by atoms with E-state index in [1.807, 2.05) is 0 Å². The van der Waals surface area contributed by atoms with Gasteiger partial charge >= 0.3 is 29.6 Å². The zero-order valence-corrected chi connectivity index (χ0v) is 37.4. The van der Waals surface area contributed by atoms with Crippen LogP contribution in [0.5, 0.6) is 11.5 Å². The largest absolute Gasteiger partial charge is 1.00 e. The molecule has 0 fully saturated rings. The predicted octanol–water partition coefficient (Wildman–Crippen LogP) is 2.89. The molecule has 4 N–H and O–H groups in total. The summed E-state index contributed by atoms with van der Waals surface area (Å²) in [6.07, 6.45) is 0. The number of azo groups is 2. The molecule has 4 aromatic carbocycles. The monoisotopic (exact) mass is 915 g/mol. The number of phenolic OH excluding ortho intramolecular Hbond substituents is 2. The maximum atomic E-state index is 12.6. The van der Waals surface area contributed by atoms with Crippen LogP contribution in [-0.4, -0.2) is 60.7 Å². The number of benzene rings is 4. The Hall–Kier alpha value is -4.37. The molecule has 0 atom stereocenters. The van der Waals surface area contributed by atoms with Gasteiger partial charge in [0, 0.05) is 27.4 Å². The van der Waals surface area contributed by atoms with E-state index in [2.05, 4.69) is 40.1 Å². The Balaban J connectivity index is 0.000000300. The van der Waals surface area contributed by atoms with E-state index in [0.29, 0.717) is 32.8 Å². The molecule has 0 saturated heterocycles. The van der Waals surface area contributed by atoms with E-state index in [-0.39, 0.29) is 91.0 Å². The molecular formula is C34H30Cl2CrN10NaO8S2-. The summed E-state index contributed by atoms with van der Waals surface area (Å²) < 4.78 is 54.2. The maximum Gasteiger partial charge on any atom is 1.00 e. The molecule has 2 heterocycles. The molecule has 0 spiro atoms. The van der Waals surface area contributed by atoms with Crippen LogP contribution in [-0.2, 0) is 37.4 Å². The van der Waals surface area contributed by atoms with Gasteiger partial charge in [-0.3, -0.25) is 0 Å². The molecule has 0 saturated carbocycles. The average Bonchev–Trinajstić information content (AvgIpc) is 3.62. The summed E-state index contributed by atoms with van der Waals surface area (Å²) in [5, 5.41) is 44.4. The summed E-state index contributed by atoms with van der Waals surface area (Å²) in [7, 11) is -4.92. The van der Waals surface area contributed by atoms with Crippen molar-refractivity contribution in [2.45, 2.75) is 23.6 Å². The molecule has 6 rings (SSSR count). The van der Waals surface area contributed by atoms with Crippen molar-refractivity contribution in [2.75, 3.05) is 14.1 Å². The van der Waals surface area contributed by atoms with E-state index in [1.165, 1.54) is 38.4 Å². The fraction of sp³-hybridized carbons (Fsp3) is 0.118. The van der Waals surface area contributed by atoms with E-state index < -0.39 is 31.2 Å². The SMILES string of the molecule is CNS(=O)(=O)c1ccc(O)c(N=N[c-]2c(C)nn(-c3cccc(Cl)c3)c2=O)c1.CNS(=O)(=O)c1ccc(O)c(N=N[c-]2c(C)nn(-c3cccc(Cl)c3)c2=O)c1.[Cr].[Na+]. The Morgan fingerprint density at radius 1 is 0.638 bits per heavy atom. The minimum absolute atomic E-state index is 0. The predicted molar refractivity (Wildman–Crippen MR) is 207 cm³/mol. The number of aromatic nitrogens is 4. The van der Waals surface area contributed by atoms with Gasteiger partial charge in [0.2, 0.25) is 20.0 Å².